The minimum atomic E-state index is -0.228. The number of nitrogens with one attached hydrogen (secondary N) is 1. The second-order valence-electron chi connectivity index (χ2n) is 5.70. The van der Waals surface area contributed by atoms with Gasteiger partial charge in [0.05, 0.1) is 12.8 Å². The van der Waals surface area contributed by atoms with Crippen LogP contribution in [-0.4, -0.2) is 24.8 Å². The van der Waals surface area contributed by atoms with Crippen LogP contribution in [0.2, 0.25) is 0 Å². The van der Waals surface area contributed by atoms with Gasteiger partial charge in [-0.3, -0.25) is 19.3 Å². The van der Waals surface area contributed by atoms with Gasteiger partial charge in [0.15, 0.2) is 0 Å². The summed E-state index contributed by atoms with van der Waals surface area (Å²) in [5, 5.41) is 2.83. The zero-order valence-corrected chi connectivity index (χ0v) is 13.8. The van der Waals surface area contributed by atoms with E-state index in [2.05, 4.69) is 5.32 Å². The van der Waals surface area contributed by atoms with Crippen molar-refractivity contribution in [2.75, 3.05) is 12.0 Å². The standard InChI is InChI=1S/C19H18N2O4/c1-25-16-4-2-3-13(11-16)12-20-19(24)14-5-7-15(8-6-14)21-17(22)9-10-18(21)23/h2-8,11H,9-10,12H2,1H3,(H,20,24). The van der Waals surface area contributed by atoms with Crippen LogP contribution in [-0.2, 0) is 16.1 Å². The maximum atomic E-state index is 12.2. The van der Waals surface area contributed by atoms with Gasteiger partial charge in [0, 0.05) is 24.9 Å². The van der Waals surface area contributed by atoms with Gasteiger partial charge in [-0.1, -0.05) is 12.1 Å². The molecule has 0 atom stereocenters. The first-order valence-electron chi connectivity index (χ1n) is 7.95. The lowest BCUT2D eigenvalue weighted by atomic mass is 10.1. The number of amides is 3. The number of nitrogens with zero attached hydrogens (tertiary/aromatic N) is 1. The second kappa shape index (κ2) is 7.17. The molecule has 6 nitrogen and oxygen atoms in total. The Morgan fingerprint density at radius 3 is 2.40 bits per heavy atom. The molecule has 3 rings (SSSR count). The van der Waals surface area contributed by atoms with Gasteiger partial charge in [0.1, 0.15) is 5.75 Å². The number of carbonyl (C=O) groups is 3. The fourth-order valence-corrected chi connectivity index (χ4v) is 2.69. The van der Waals surface area contributed by atoms with Gasteiger partial charge in [-0.15, -0.1) is 0 Å². The van der Waals surface area contributed by atoms with Crippen LogP contribution in [0.4, 0.5) is 5.69 Å². The Balaban J connectivity index is 1.64. The van der Waals surface area contributed by atoms with E-state index in [1.54, 1.807) is 31.4 Å². The quantitative estimate of drug-likeness (QED) is 0.849. The first kappa shape index (κ1) is 16.7. The number of imide groups is 1. The smallest absolute Gasteiger partial charge is 0.251 e. The summed E-state index contributed by atoms with van der Waals surface area (Å²) in [5.41, 5.74) is 1.89. The Kier molecular flexibility index (Phi) is 4.79. The molecule has 2 aromatic rings. The highest BCUT2D eigenvalue weighted by molar-refractivity contribution is 6.19. The number of rotatable bonds is 5. The summed E-state index contributed by atoms with van der Waals surface area (Å²) in [5.74, 6) is 0.0879. The normalized spacial score (nSPS) is 13.9. The molecule has 0 unspecified atom stereocenters. The molecular weight excluding hydrogens is 320 g/mol. The third-order valence-electron chi connectivity index (χ3n) is 4.03. The molecule has 1 N–H and O–H groups in total. The number of anilines is 1. The third kappa shape index (κ3) is 3.68. The summed E-state index contributed by atoms with van der Waals surface area (Å²) < 4.78 is 5.15. The molecule has 0 radical (unpaired) electrons. The Bertz CT molecular complexity index is 798. The predicted octanol–water partition coefficient (Wildman–Crippen LogP) is 2.28. The van der Waals surface area contributed by atoms with Crippen LogP contribution in [0.25, 0.3) is 0 Å². The number of ether oxygens (including phenoxy) is 1. The van der Waals surface area contributed by atoms with E-state index in [0.29, 0.717) is 17.8 Å². The molecule has 2 aromatic carbocycles. The van der Waals surface area contributed by atoms with Gasteiger partial charge in [-0.2, -0.15) is 0 Å². The van der Waals surface area contributed by atoms with E-state index in [9.17, 15) is 14.4 Å². The molecule has 128 valence electrons. The van der Waals surface area contributed by atoms with E-state index in [-0.39, 0.29) is 30.6 Å². The molecule has 0 spiro atoms. The fourth-order valence-electron chi connectivity index (χ4n) is 2.69. The molecule has 0 aromatic heterocycles. The number of benzene rings is 2. The maximum absolute atomic E-state index is 12.2. The van der Waals surface area contributed by atoms with E-state index in [1.807, 2.05) is 24.3 Å². The Hall–Kier alpha value is -3.15. The van der Waals surface area contributed by atoms with Crippen LogP contribution >= 0.6 is 0 Å². The second-order valence-corrected chi connectivity index (χ2v) is 5.70. The minimum Gasteiger partial charge on any atom is -0.497 e. The highest BCUT2D eigenvalue weighted by Gasteiger charge is 2.30. The Morgan fingerprint density at radius 1 is 1.08 bits per heavy atom. The van der Waals surface area contributed by atoms with E-state index in [1.165, 1.54) is 0 Å². The molecule has 1 heterocycles. The Labute approximate surface area is 145 Å². The maximum Gasteiger partial charge on any atom is 0.251 e. The highest BCUT2D eigenvalue weighted by Crippen LogP contribution is 2.22. The van der Waals surface area contributed by atoms with Crippen molar-refractivity contribution in [1.29, 1.82) is 0 Å². The van der Waals surface area contributed by atoms with Crippen molar-refractivity contribution in [1.82, 2.24) is 5.32 Å². The van der Waals surface area contributed by atoms with Crippen LogP contribution in [0.5, 0.6) is 5.75 Å². The first-order valence-corrected chi connectivity index (χ1v) is 7.95. The zero-order chi connectivity index (χ0) is 17.8. The van der Waals surface area contributed by atoms with Crippen molar-refractivity contribution >= 4 is 23.4 Å². The van der Waals surface area contributed by atoms with Crippen molar-refractivity contribution in [2.24, 2.45) is 0 Å². The lowest BCUT2D eigenvalue weighted by molar-refractivity contribution is -0.121. The van der Waals surface area contributed by atoms with Gasteiger partial charge in [-0.05, 0) is 42.0 Å². The van der Waals surface area contributed by atoms with E-state index < -0.39 is 0 Å². The van der Waals surface area contributed by atoms with Crippen molar-refractivity contribution in [3.8, 4) is 5.75 Å². The Morgan fingerprint density at radius 2 is 1.76 bits per heavy atom. The number of hydrogen-bond acceptors (Lipinski definition) is 4. The van der Waals surface area contributed by atoms with Gasteiger partial charge in [0.25, 0.3) is 5.91 Å². The van der Waals surface area contributed by atoms with Gasteiger partial charge in [-0.25, -0.2) is 0 Å². The lowest BCUT2D eigenvalue weighted by Crippen LogP contribution is -2.28. The van der Waals surface area contributed by atoms with Crippen LogP contribution < -0.4 is 15.0 Å². The summed E-state index contributed by atoms with van der Waals surface area (Å²) in [4.78, 5) is 36.9. The largest absolute Gasteiger partial charge is 0.497 e. The number of carbonyl (C=O) groups excluding carboxylic acids is 3. The number of hydrogen-bond donors (Lipinski definition) is 1. The highest BCUT2D eigenvalue weighted by atomic mass is 16.5. The zero-order valence-electron chi connectivity index (χ0n) is 13.8. The van der Waals surface area contributed by atoms with Crippen LogP contribution in [0.3, 0.4) is 0 Å². The minimum absolute atomic E-state index is 0.208. The third-order valence-corrected chi connectivity index (χ3v) is 4.03. The van der Waals surface area contributed by atoms with E-state index >= 15 is 0 Å². The molecule has 0 aliphatic carbocycles. The molecule has 1 saturated heterocycles. The molecule has 25 heavy (non-hydrogen) atoms. The van der Waals surface area contributed by atoms with Crippen LogP contribution in [0, 0.1) is 0 Å². The van der Waals surface area contributed by atoms with E-state index in [4.69, 9.17) is 4.74 Å². The van der Waals surface area contributed by atoms with Crippen molar-refractivity contribution in [2.45, 2.75) is 19.4 Å². The van der Waals surface area contributed by atoms with Gasteiger partial charge < -0.3 is 10.1 Å². The average Bonchev–Trinajstić information content (AvgIpc) is 2.98. The molecule has 1 aliphatic heterocycles. The van der Waals surface area contributed by atoms with Crippen molar-refractivity contribution < 1.29 is 19.1 Å². The van der Waals surface area contributed by atoms with Crippen LogP contribution in [0.15, 0.2) is 48.5 Å². The summed E-state index contributed by atoms with van der Waals surface area (Å²) in [6, 6.07) is 13.9. The first-order chi connectivity index (χ1) is 12.1. The molecule has 6 heteroatoms. The summed E-state index contributed by atoms with van der Waals surface area (Å²) >= 11 is 0. The SMILES string of the molecule is COc1cccc(CNC(=O)c2ccc(N3C(=O)CCC3=O)cc2)c1. The monoisotopic (exact) mass is 338 g/mol. The summed E-state index contributed by atoms with van der Waals surface area (Å²) in [6.45, 7) is 0.376. The molecule has 0 saturated carbocycles. The molecule has 3 amide bonds. The number of methoxy groups -OCH3 is 1. The van der Waals surface area contributed by atoms with Crippen molar-refractivity contribution in [3.05, 3.63) is 59.7 Å². The van der Waals surface area contributed by atoms with Crippen LogP contribution in [0.1, 0.15) is 28.8 Å². The van der Waals surface area contributed by atoms with Gasteiger partial charge in [0.2, 0.25) is 11.8 Å². The molecular formula is C19H18N2O4. The molecule has 0 bridgehead atoms. The molecule has 1 aliphatic rings. The lowest BCUT2D eigenvalue weighted by Gasteiger charge is -2.14. The summed E-state index contributed by atoms with van der Waals surface area (Å²) in [6.07, 6.45) is 0.475. The summed E-state index contributed by atoms with van der Waals surface area (Å²) in [7, 11) is 1.59. The molecule has 1 fully saturated rings. The predicted molar refractivity (Wildman–Crippen MR) is 92.3 cm³/mol. The van der Waals surface area contributed by atoms with E-state index in [0.717, 1.165) is 16.2 Å². The fraction of sp³-hybridized carbons (Fsp3) is 0.211. The average molecular weight is 338 g/mol. The topological polar surface area (TPSA) is 75.7 Å². The van der Waals surface area contributed by atoms with Gasteiger partial charge >= 0.3 is 0 Å². The van der Waals surface area contributed by atoms with Crippen molar-refractivity contribution in [3.63, 3.8) is 0 Å².